The van der Waals surface area contributed by atoms with E-state index in [1.807, 2.05) is 19.0 Å². The van der Waals surface area contributed by atoms with Gasteiger partial charge in [-0.15, -0.1) is 0 Å². The third kappa shape index (κ3) is 4.67. The molecular formula is C16H28N2O2. The van der Waals surface area contributed by atoms with E-state index in [1.165, 1.54) is 19.3 Å². The zero-order valence-corrected chi connectivity index (χ0v) is 13.2. The number of aromatic hydroxyl groups is 1. The molecule has 1 unspecified atom stereocenters. The fourth-order valence-corrected chi connectivity index (χ4v) is 2.54. The van der Waals surface area contributed by atoms with Crippen LogP contribution in [0, 0.1) is 0 Å². The number of unbranched alkanes of at least 4 members (excludes halogenated alkanes) is 2. The van der Waals surface area contributed by atoms with Crippen LogP contribution in [0.2, 0.25) is 0 Å². The van der Waals surface area contributed by atoms with Gasteiger partial charge in [0.2, 0.25) is 5.43 Å². The molecule has 1 rings (SSSR count). The van der Waals surface area contributed by atoms with Crippen molar-refractivity contribution in [2.45, 2.75) is 58.5 Å². The fourth-order valence-electron chi connectivity index (χ4n) is 2.54. The van der Waals surface area contributed by atoms with Crippen molar-refractivity contribution in [3.05, 3.63) is 28.2 Å². The van der Waals surface area contributed by atoms with Crippen molar-refractivity contribution in [2.75, 3.05) is 14.1 Å². The van der Waals surface area contributed by atoms with Crippen LogP contribution < -0.4 is 5.43 Å². The van der Waals surface area contributed by atoms with E-state index in [-0.39, 0.29) is 11.2 Å². The molecule has 0 saturated carbocycles. The average molecular weight is 280 g/mol. The van der Waals surface area contributed by atoms with Gasteiger partial charge in [-0.05, 0) is 26.9 Å². The van der Waals surface area contributed by atoms with Crippen LogP contribution in [0.15, 0.2) is 17.1 Å². The lowest BCUT2D eigenvalue weighted by Gasteiger charge is -2.24. The molecule has 0 bridgehead atoms. The van der Waals surface area contributed by atoms with Gasteiger partial charge >= 0.3 is 0 Å². The average Bonchev–Trinajstić information content (AvgIpc) is 2.39. The lowest BCUT2D eigenvalue weighted by atomic mass is 10.0. The number of nitrogens with zero attached hydrogens (tertiary/aromatic N) is 2. The number of hydrogen-bond donors (Lipinski definition) is 1. The smallest absolute Gasteiger partial charge is 0.223 e. The van der Waals surface area contributed by atoms with Crippen LogP contribution in [0.4, 0.5) is 0 Å². The Kier molecular flexibility index (Phi) is 6.79. The quantitative estimate of drug-likeness (QED) is 0.744. The van der Waals surface area contributed by atoms with E-state index in [4.69, 9.17) is 0 Å². The SMILES string of the molecule is CCCCCC(CC)n1cc(O)c(=O)cc1CN(C)C. The summed E-state index contributed by atoms with van der Waals surface area (Å²) in [6.45, 7) is 5.06. The van der Waals surface area contributed by atoms with Crippen LogP contribution in [-0.4, -0.2) is 28.7 Å². The highest BCUT2D eigenvalue weighted by Gasteiger charge is 2.14. The molecule has 0 saturated heterocycles. The van der Waals surface area contributed by atoms with Gasteiger partial charge in [0.15, 0.2) is 5.75 Å². The van der Waals surface area contributed by atoms with Crippen LogP contribution in [-0.2, 0) is 6.54 Å². The van der Waals surface area contributed by atoms with Gasteiger partial charge in [0.05, 0.1) is 6.20 Å². The van der Waals surface area contributed by atoms with Crippen LogP contribution in [0.3, 0.4) is 0 Å². The standard InChI is InChI=1S/C16H28N2O2/c1-5-7-8-9-13(6-2)18-12-16(20)15(19)10-14(18)11-17(3)4/h10,12-13,20H,5-9,11H2,1-4H3. The summed E-state index contributed by atoms with van der Waals surface area (Å²) in [7, 11) is 3.97. The van der Waals surface area contributed by atoms with Gasteiger partial charge in [-0.25, -0.2) is 0 Å². The Morgan fingerprint density at radius 2 is 2.00 bits per heavy atom. The molecule has 4 heteroatoms. The van der Waals surface area contributed by atoms with Crippen LogP contribution in [0.1, 0.15) is 57.7 Å². The maximum absolute atomic E-state index is 11.7. The Bertz CT molecular complexity index is 466. The van der Waals surface area contributed by atoms with Crippen molar-refractivity contribution in [3.63, 3.8) is 0 Å². The lowest BCUT2D eigenvalue weighted by molar-refractivity contribution is 0.351. The van der Waals surface area contributed by atoms with E-state index >= 15 is 0 Å². The highest BCUT2D eigenvalue weighted by molar-refractivity contribution is 5.21. The monoisotopic (exact) mass is 280 g/mol. The molecule has 114 valence electrons. The summed E-state index contributed by atoms with van der Waals surface area (Å²) in [6.07, 6.45) is 7.33. The van der Waals surface area contributed by atoms with E-state index in [2.05, 4.69) is 18.4 Å². The van der Waals surface area contributed by atoms with E-state index in [1.54, 1.807) is 12.3 Å². The summed E-state index contributed by atoms with van der Waals surface area (Å²) in [6, 6.07) is 1.92. The number of hydrogen-bond acceptors (Lipinski definition) is 3. The van der Waals surface area contributed by atoms with Gasteiger partial charge in [-0.3, -0.25) is 4.79 Å². The summed E-state index contributed by atoms with van der Waals surface area (Å²) in [5.41, 5.74) is 0.683. The second kappa shape index (κ2) is 8.10. The highest BCUT2D eigenvalue weighted by Crippen LogP contribution is 2.23. The molecule has 0 aromatic carbocycles. The van der Waals surface area contributed by atoms with Gasteiger partial charge in [-0.1, -0.05) is 33.1 Å². The Balaban J connectivity index is 3.04. The van der Waals surface area contributed by atoms with E-state index in [9.17, 15) is 9.90 Å². The zero-order valence-electron chi connectivity index (χ0n) is 13.2. The summed E-state index contributed by atoms with van der Waals surface area (Å²) in [5, 5.41) is 9.73. The van der Waals surface area contributed by atoms with Gasteiger partial charge in [0, 0.05) is 24.3 Å². The van der Waals surface area contributed by atoms with Crippen molar-refractivity contribution >= 4 is 0 Å². The topological polar surface area (TPSA) is 45.5 Å². The predicted molar refractivity (Wildman–Crippen MR) is 83.2 cm³/mol. The first-order chi connectivity index (χ1) is 9.49. The van der Waals surface area contributed by atoms with Crippen molar-refractivity contribution < 1.29 is 5.11 Å². The molecular weight excluding hydrogens is 252 g/mol. The van der Waals surface area contributed by atoms with Crippen molar-refractivity contribution in [3.8, 4) is 5.75 Å². The molecule has 0 aliphatic heterocycles. The minimum atomic E-state index is -0.290. The molecule has 1 heterocycles. The molecule has 0 aliphatic carbocycles. The second-order valence-electron chi connectivity index (χ2n) is 5.72. The Morgan fingerprint density at radius 1 is 1.30 bits per heavy atom. The molecule has 1 atom stereocenters. The Labute approximate surface area is 122 Å². The minimum absolute atomic E-state index is 0.151. The third-order valence-corrected chi connectivity index (χ3v) is 3.63. The van der Waals surface area contributed by atoms with E-state index in [0.29, 0.717) is 12.6 Å². The maximum atomic E-state index is 11.7. The number of pyridine rings is 1. The molecule has 4 nitrogen and oxygen atoms in total. The largest absolute Gasteiger partial charge is 0.503 e. The fraction of sp³-hybridized carbons (Fsp3) is 0.688. The van der Waals surface area contributed by atoms with E-state index < -0.39 is 0 Å². The molecule has 0 spiro atoms. The molecule has 0 fully saturated rings. The summed E-state index contributed by atoms with van der Waals surface area (Å²) in [4.78, 5) is 13.7. The van der Waals surface area contributed by atoms with Gasteiger partial charge < -0.3 is 14.6 Å². The molecule has 0 radical (unpaired) electrons. The molecule has 0 amide bonds. The van der Waals surface area contributed by atoms with Crippen molar-refractivity contribution in [2.24, 2.45) is 0 Å². The summed E-state index contributed by atoms with van der Waals surface area (Å²) < 4.78 is 2.09. The first-order valence-electron chi connectivity index (χ1n) is 7.58. The molecule has 0 aliphatic rings. The normalized spacial score (nSPS) is 12.8. The van der Waals surface area contributed by atoms with Crippen LogP contribution >= 0.6 is 0 Å². The molecule has 1 aromatic heterocycles. The van der Waals surface area contributed by atoms with Crippen LogP contribution in [0.5, 0.6) is 5.75 Å². The first kappa shape index (κ1) is 16.8. The van der Waals surface area contributed by atoms with Gasteiger partial charge in [0.25, 0.3) is 0 Å². The van der Waals surface area contributed by atoms with Crippen molar-refractivity contribution in [1.29, 1.82) is 0 Å². The second-order valence-corrected chi connectivity index (χ2v) is 5.72. The van der Waals surface area contributed by atoms with Crippen molar-refractivity contribution in [1.82, 2.24) is 9.47 Å². The Hall–Kier alpha value is -1.29. The highest BCUT2D eigenvalue weighted by atomic mass is 16.3. The zero-order chi connectivity index (χ0) is 15.1. The minimum Gasteiger partial charge on any atom is -0.503 e. The third-order valence-electron chi connectivity index (χ3n) is 3.63. The van der Waals surface area contributed by atoms with Gasteiger partial charge in [-0.2, -0.15) is 0 Å². The predicted octanol–water partition coefficient (Wildman–Crippen LogP) is 3.15. The molecule has 1 aromatic rings. The number of rotatable bonds is 8. The van der Waals surface area contributed by atoms with Crippen LogP contribution in [0.25, 0.3) is 0 Å². The first-order valence-corrected chi connectivity index (χ1v) is 7.58. The Morgan fingerprint density at radius 3 is 2.55 bits per heavy atom. The molecule has 1 N–H and O–H groups in total. The summed E-state index contributed by atoms with van der Waals surface area (Å²) in [5.74, 6) is -0.151. The number of aromatic nitrogens is 1. The summed E-state index contributed by atoms with van der Waals surface area (Å²) >= 11 is 0. The maximum Gasteiger partial charge on any atom is 0.223 e. The van der Waals surface area contributed by atoms with Gasteiger partial charge in [0.1, 0.15) is 0 Å². The lowest BCUT2D eigenvalue weighted by Crippen LogP contribution is -2.22. The van der Waals surface area contributed by atoms with E-state index in [0.717, 1.165) is 18.5 Å². The molecule has 20 heavy (non-hydrogen) atoms.